The molecule has 0 spiro atoms. The topological polar surface area (TPSA) is 64.5 Å². The highest BCUT2D eigenvalue weighted by Crippen LogP contribution is 2.25. The largest absolute Gasteiger partial charge is 0.469 e. The van der Waals surface area contributed by atoms with Crippen LogP contribution in [0.2, 0.25) is 0 Å². The third kappa shape index (κ3) is 2.76. The number of hydrogen-bond donors (Lipinski definition) is 0. The fourth-order valence-electron chi connectivity index (χ4n) is 2.56. The Morgan fingerprint density at radius 1 is 1.35 bits per heavy atom. The van der Waals surface area contributed by atoms with Gasteiger partial charge < -0.3 is 13.7 Å². The van der Waals surface area contributed by atoms with E-state index in [1.807, 2.05) is 19.9 Å². The average Bonchev–Trinajstić information content (AvgIpc) is 2.99. The van der Waals surface area contributed by atoms with Crippen molar-refractivity contribution < 1.29 is 13.7 Å². The molecule has 20 heavy (non-hydrogen) atoms. The number of morpholine rings is 1. The molecule has 0 aromatic carbocycles. The van der Waals surface area contributed by atoms with Gasteiger partial charge >= 0.3 is 0 Å². The van der Waals surface area contributed by atoms with Crippen molar-refractivity contribution in [3.63, 3.8) is 0 Å². The normalized spacial score (nSPS) is 24.1. The second-order valence-electron chi connectivity index (χ2n) is 5.31. The highest BCUT2D eigenvalue weighted by Gasteiger charge is 2.30. The lowest BCUT2D eigenvalue weighted by atomic mass is 10.1. The molecule has 0 saturated carbocycles. The van der Waals surface area contributed by atoms with E-state index in [0.29, 0.717) is 11.7 Å². The van der Waals surface area contributed by atoms with Gasteiger partial charge in [0.05, 0.1) is 12.4 Å². The lowest BCUT2D eigenvalue weighted by molar-refractivity contribution is -0.0931. The van der Waals surface area contributed by atoms with E-state index in [1.54, 1.807) is 6.26 Å². The Hall–Kier alpha value is -1.66. The van der Waals surface area contributed by atoms with E-state index in [0.717, 1.165) is 25.4 Å². The van der Waals surface area contributed by atoms with Crippen LogP contribution in [0.15, 0.2) is 21.3 Å². The lowest BCUT2D eigenvalue weighted by Gasteiger charge is -2.35. The third-order valence-corrected chi connectivity index (χ3v) is 3.51. The van der Waals surface area contributed by atoms with Crippen LogP contribution < -0.4 is 0 Å². The van der Waals surface area contributed by atoms with Gasteiger partial charge in [0.25, 0.3) is 5.89 Å². The van der Waals surface area contributed by atoms with Gasteiger partial charge in [-0.3, -0.25) is 4.90 Å². The molecule has 0 amide bonds. The average molecular weight is 277 g/mol. The second kappa shape index (κ2) is 5.38. The molecule has 6 heteroatoms. The van der Waals surface area contributed by atoms with Crippen molar-refractivity contribution in [1.82, 2.24) is 15.0 Å². The predicted octanol–water partition coefficient (Wildman–Crippen LogP) is 2.24. The van der Waals surface area contributed by atoms with Gasteiger partial charge in [-0.1, -0.05) is 5.16 Å². The van der Waals surface area contributed by atoms with E-state index >= 15 is 0 Å². The smallest absolute Gasteiger partial charge is 0.257 e. The number of rotatable bonds is 3. The van der Waals surface area contributed by atoms with Crippen molar-refractivity contribution in [2.45, 2.75) is 39.5 Å². The number of aryl methyl sites for hydroxylation is 2. The van der Waals surface area contributed by atoms with Gasteiger partial charge in [0.1, 0.15) is 11.9 Å². The Morgan fingerprint density at radius 3 is 2.85 bits per heavy atom. The molecule has 2 atom stereocenters. The summed E-state index contributed by atoms with van der Waals surface area (Å²) in [6, 6.07) is 2.02. The molecule has 0 unspecified atom stereocenters. The van der Waals surface area contributed by atoms with Crippen molar-refractivity contribution in [2.24, 2.45) is 0 Å². The van der Waals surface area contributed by atoms with Crippen LogP contribution in [0.25, 0.3) is 0 Å². The summed E-state index contributed by atoms with van der Waals surface area (Å²) in [5.41, 5.74) is 1.21. The first kappa shape index (κ1) is 13.3. The molecule has 2 aromatic heterocycles. The van der Waals surface area contributed by atoms with Crippen LogP contribution in [0, 0.1) is 13.8 Å². The minimum absolute atomic E-state index is 0.133. The van der Waals surface area contributed by atoms with Gasteiger partial charge in [-0.2, -0.15) is 4.98 Å². The lowest BCUT2D eigenvalue weighted by Crippen LogP contribution is -2.42. The summed E-state index contributed by atoms with van der Waals surface area (Å²) in [5, 5.41) is 3.83. The molecule has 108 valence electrons. The Balaban J connectivity index is 1.71. The summed E-state index contributed by atoms with van der Waals surface area (Å²) in [5.74, 6) is 2.16. The second-order valence-corrected chi connectivity index (χ2v) is 5.31. The quantitative estimate of drug-likeness (QED) is 0.857. The van der Waals surface area contributed by atoms with Crippen LogP contribution in [0.1, 0.15) is 36.1 Å². The highest BCUT2D eigenvalue weighted by atomic mass is 16.5. The minimum Gasteiger partial charge on any atom is -0.469 e. The van der Waals surface area contributed by atoms with Gasteiger partial charge in [-0.05, 0) is 26.8 Å². The molecule has 1 aliphatic rings. The number of nitrogens with zero attached hydrogens (tertiary/aromatic N) is 3. The fourth-order valence-corrected chi connectivity index (χ4v) is 2.56. The van der Waals surface area contributed by atoms with Crippen LogP contribution in [0.5, 0.6) is 0 Å². The monoisotopic (exact) mass is 277 g/mol. The van der Waals surface area contributed by atoms with Gasteiger partial charge in [-0.15, -0.1) is 0 Å². The van der Waals surface area contributed by atoms with Gasteiger partial charge in [-0.25, -0.2) is 0 Å². The molecule has 1 saturated heterocycles. The van der Waals surface area contributed by atoms with E-state index in [-0.39, 0.29) is 12.2 Å². The van der Waals surface area contributed by atoms with E-state index < -0.39 is 0 Å². The summed E-state index contributed by atoms with van der Waals surface area (Å²) in [6.07, 6.45) is 1.70. The molecule has 0 bridgehead atoms. The minimum atomic E-state index is -0.160. The molecule has 6 nitrogen and oxygen atoms in total. The summed E-state index contributed by atoms with van der Waals surface area (Å²) >= 11 is 0. The van der Waals surface area contributed by atoms with E-state index in [2.05, 4.69) is 22.0 Å². The molecule has 2 aromatic rings. The molecular weight excluding hydrogens is 258 g/mol. The summed E-state index contributed by atoms with van der Waals surface area (Å²) in [4.78, 5) is 6.60. The highest BCUT2D eigenvalue weighted by molar-refractivity contribution is 5.15. The van der Waals surface area contributed by atoms with Crippen molar-refractivity contribution in [3.8, 4) is 0 Å². The first-order chi connectivity index (χ1) is 9.61. The van der Waals surface area contributed by atoms with Crippen molar-refractivity contribution >= 4 is 0 Å². The van der Waals surface area contributed by atoms with Crippen LogP contribution in [0.3, 0.4) is 0 Å². The number of ether oxygens (including phenoxy) is 1. The van der Waals surface area contributed by atoms with Gasteiger partial charge in [0.15, 0.2) is 5.82 Å². The first-order valence-corrected chi connectivity index (χ1v) is 6.83. The zero-order valence-electron chi connectivity index (χ0n) is 12.0. The molecule has 0 radical (unpaired) electrons. The number of aromatic nitrogens is 2. The first-order valence-electron chi connectivity index (χ1n) is 6.83. The zero-order valence-corrected chi connectivity index (χ0v) is 12.0. The van der Waals surface area contributed by atoms with Gasteiger partial charge in [0.2, 0.25) is 0 Å². The maximum atomic E-state index is 5.90. The van der Waals surface area contributed by atoms with E-state index in [1.165, 1.54) is 5.56 Å². The van der Waals surface area contributed by atoms with E-state index in [9.17, 15) is 0 Å². The maximum absolute atomic E-state index is 5.90. The van der Waals surface area contributed by atoms with Crippen LogP contribution in [-0.2, 0) is 11.3 Å². The molecule has 0 N–H and O–H groups in total. The summed E-state index contributed by atoms with van der Waals surface area (Å²) < 4.78 is 16.5. The van der Waals surface area contributed by atoms with Crippen LogP contribution >= 0.6 is 0 Å². The molecular formula is C14H19N3O3. The number of furan rings is 1. The zero-order chi connectivity index (χ0) is 14.1. The Labute approximate surface area is 117 Å². The molecule has 1 aliphatic heterocycles. The van der Waals surface area contributed by atoms with Gasteiger partial charge in [0, 0.05) is 25.2 Å². The molecule has 3 rings (SSSR count). The number of hydrogen-bond acceptors (Lipinski definition) is 6. The molecule has 0 aliphatic carbocycles. The summed E-state index contributed by atoms with van der Waals surface area (Å²) in [7, 11) is 0. The Kier molecular flexibility index (Phi) is 3.58. The Bertz CT molecular complexity index is 578. The van der Waals surface area contributed by atoms with Crippen molar-refractivity contribution in [3.05, 3.63) is 35.4 Å². The standard InChI is InChI=1S/C14H19N3O3/c1-9-6-17(7-12-4-5-18-10(12)2)8-13(19-9)14-15-11(3)16-20-14/h4-5,9,13H,6-8H2,1-3H3/t9-,13-/m1/s1. The molecule has 1 fully saturated rings. The van der Waals surface area contributed by atoms with Crippen LogP contribution in [0.4, 0.5) is 0 Å². The van der Waals surface area contributed by atoms with Crippen molar-refractivity contribution in [1.29, 1.82) is 0 Å². The Morgan fingerprint density at radius 2 is 2.20 bits per heavy atom. The predicted molar refractivity (Wildman–Crippen MR) is 71.0 cm³/mol. The third-order valence-electron chi connectivity index (χ3n) is 3.51. The fraction of sp³-hybridized carbons (Fsp3) is 0.571. The maximum Gasteiger partial charge on any atom is 0.257 e. The summed E-state index contributed by atoms with van der Waals surface area (Å²) in [6.45, 7) is 8.33. The van der Waals surface area contributed by atoms with E-state index in [4.69, 9.17) is 13.7 Å². The molecule has 3 heterocycles. The van der Waals surface area contributed by atoms with Crippen molar-refractivity contribution in [2.75, 3.05) is 13.1 Å². The SMILES string of the molecule is Cc1noc([C@H]2CN(Cc3ccoc3C)C[C@@H](C)O2)n1. The van der Waals surface area contributed by atoms with Crippen LogP contribution in [-0.4, -0.2) is 34.2 Å².